The summed E-state index contributed by atoms with van der Waals surface area (Å²) in [6.45, 7) is 2.16. The number of benzene rings is 2. The summed E-state index contributed by atoms with van der Waals surface area (Å²) in [7, 11) is 2.07. The first-order valence-electron chi connectivity index (χ1n) is 7.19. The molecule has 1 nitrogen and oxygen atoms in total. The molecule has 0 spiro atoms. The molecule has 0 bridgehead atoms. The highest BCUT2D eigenvalue weighted by molar-refractivity contribution is 9.10. The molecule has 2 aromatic rings. The predicted octanol–water partition coefficient (Wildman–Crippen LogP) is 4.82. The zero-order valence-electron chi connectivity index (χ0n) is 11.9. The van der Waals surface area contributed by atoms with Gasteiger partial charge in [-0.15, -0.1) is 0 Å². The molecule has 3 atom stereocenters. The van der Waals surface area contributed by atoms with Crippen LogP contribution in [0, 0.1) is 12.8 Å². The third-order valence-corrected chi connectivity index (χ3v) is 5.02. The van der Waals surface area contributed by atoms with Crippen LogP contribution in [-0.2, 0) is 0 Å². The zero-order valence-corrected chi connectivity index (χ0v) is 13.5. The fraction of sp³-hybridized carbons (Fsp3) is 0.333. The molecule has 0 saturated heterocycles. The van der Waals surface area contributed by atoms with Crippen LogP contribution in [0.1, 0.15) is 35.1 Å². The van der Waals surface area contributed by atoms with Crippen LogP contribution in [-0.4, -0.2) is 7.05 Å². The van der Waals surface area contributed by atoms with E-state index in [0.717, 1.165) is 0 Å². The molecule has 1 saturated carbocycles. The van der Waals surface area contributed by atoms with Crippen molar-refractivity contribution in [3.63, 3.8) is 0 Å². The van der Waals surface area contributed by atoms with Crippen LogP contribution in [0.15, 0.2) is 53.0 Å². The highest BCUT2D eigenvalue weighted by atomic mass is 79.9. The standard InChI is InChI=1S/C18H20BrN/c1-12-8-9-17(19)16(10-12)18(20-2)15-11-14(15)13-6-4-3-5-7-13/h3-10,14-15,18,20H,11H2,1-2H3. The van der Waals surface area contributed by atoms with Crippen LogP contribution in [0.4, 0.5) is 0 Å². The van der Waals surface area contributed by atoms with Crippen molar-refractivity contribution in [1.82, 2.24) is 5.32 Å². The van der Waals surface area contributed by atoms with Crippen LogP contribution in [0.5, 0.6) is 0 Å². The molecule has 104 valence electrons. The van der Waals surface area contributed by atoms with Gasteiger partial charge in [0.05, 0.1) is 0 Å². The maximum absolute atomic E-state index is 3.70. The van der Waals surface area contributed by atoms with E-state index < -0.39 is 0 Å². The van der Waals surface area contributed by atoms with Crippen LogP contribution in [0.3, 0.4) is 0 Å². The highest BCUT2D eigenvalue weighted by Gasteiger charge is 2.44. The largest absolute Gasteiger partial charge is 0.313 e. The monoisotopic (exact) mass is 329 g/mol. The van der Waals surface area contributed by atoms with Crippen molar-refractivity contribution in [3.8, 4) is 0 Å². The van der Waals surface area contributed by atoms with Gasteiger partial charge in [-0.05, 0) is 49.4 Å². The average molecular weight is 330 g/mol. The van der Waals surface area contributed by atoms with E-state index in [4.69, 9.17) is 0 Å². The van der Waals surface area contributed by atoms with Crippen molar-refractivity contribution in [1.29, 1.82) is 0 Å². The van der Waals surface area contributed by atoms with Crippen molar-refractivity contribution >= 4 is 15.9 Å². The molecule has 1 fully saturated rings. The van der Waals surface area contributed by atoms with E-state index >= 15 is 0 Å². The van der Waals surface area contributed by atoms with Gasteiger partial charge in [-0.2, -0.15) is 0 Å². The summed E-state index contributed by atoms with van der Waals surface area (Å²) in [5, 5.41) is 3.52. The lowest BCUT2D eigenvalue weighted by atomic mass is 9.97. The first kappa shape index (κ1) is 13.8. The summed E-state index contributed by atoms with van der Waals surface area (Å²) < 4.78 is 1.21. The summed E-state index contributed by atoms with van der Waals surface area (Å²) >= 11 is 3.70. The maximum atomic E-state index is 3.70. The van der Waals surface area contributed by atoms with Gasteiger partial charge in [0.1, 0.15) is 0 Å². The fourth-order valence-electron chi connectivity index (χ4n) is 3.17. The molecule has 1 aliphatic rings. The van der Waals surface area contributed by atoms with Gasteiger partial charge in [-0.25, -0.2) is 0 Å². The number of hydrogen-bond donors (Lipinski definition) is 1. The topological polar surface area (TPSA) is 12.0 Å². The van der Waals surface area contributed by atoms with E-state index in [0.29, 0.717) is 17.9 Å². The summed E-state index contributed by atoms with van der Waals surface area (Å²) in [4.78, 5) is 0. The number of hydrogen-bond acceptors (Lipinski definition) is 1. The van der Waals surface area contributed by atoms with Crippen molar-refractivity contribution < 1.29 is 0 Å². The van der Waals surface area contributed by atoms with Crippen molar-refractivity contribution in [2.24, 2.45) is 5.92 Å². The molecule has 20 heavy (non-hydrogen) atoms. The Morgan fingerprint density at radius 3 is 2.60 bits per heavy atom. The van der Waals surface area contributed by atoms with Crippen LogP contribution in [0.2, 0.25) is 0 Å². The Hall–Kier alpha value is -1.12. The van der Waals surface area contributed by atoms with Gasteiger partial charge >= 0.3 is 0 Å². The third kappa shape index (κ3) is 2.68. The number of halogens is 1. The van der Waals surface area contributed by atoms with Crippen molar-refractivity contribution in [3.05, 3.63) is 69.7 Å². The van der Waals surface area contributed by atoms with Gasteiger partial charge in [-0.3, -0.25) is 0 Å². The maximum Gasteiger partial charge on any atom is 0.0363 e. The van der Waals surface area contributed by atoms with E-state index in [1.165, 1.54) is 27.6 Å². The lowest BCUT2D eigenvalue weighted by Gasteiger charge is -2.19. The molecule has 1 aliphatic carbocycles. The van der Waals surface area contributed by atoms with Crippen molar-refractivity contribution in [2.75, 3.05) is 7.05 Å². The Morgan fingerprint density at radius 1 is 1.15 bits per heavy atom. The summed E-state index contributed by atoms with van der Waals surface area (Å²) in [5.74, 6) is 1.39. The van der Waals surface area contributed by atoms with Crippen LogP contribution in [0.25, 0.3) is 0 Å². The second-order valence-corrected chi connectivity index (χ2v) is 6.56. The lowest BCUT2D eigenvalue weighted by molar-refractivity contribution is 0.515. The molecule has 0 radical (unpaired) electrons. The molecule has 3 rings (SSSR count). The second kappa shape index (κ2) is 5.71. The second-order valence-electron chi connectivity index (χ2n) is 5.71. The van der Waals surface area contributed by atoms with Gasteiger partial charge in [0.2, 0.25) is 0 Å². The SMILES string of the molecule is CNC(c1cc(C)ccc1Br)C1CC1c1ccccc1. The Morgan fingerprint density at radius 2 is 1.90 bits per heavy atom. The smallest absolute Gasteiger partial charge is 0.0363 e. The molecule has 0 aromatic heterocycles. The summed E-state index contributed by atoms with van der Waals surface area (Å²) in [6.07, 6.45) is 1.27. The number of rotatable bonds is 4. The van der Waals surface area contributed by atoms with Gasteiger partial charge < -0.3 is 5.32 Å². The molecule has 0 aliphatic heterocycles. The number of nitrogens with one attached hydrogen (secondary N) is 1. The van der Waals surface area contributed by atoms with E-state index in [1.54, 1.807) is 0 Å². The Balaban J connectivity index is 1.84. The summed E-state index contributed by atoms with van der Waals surface area (Å²) in [6, 6.07) is 17.9. The Labute approximate surface area is 129 Å². The van der Waals surface area contributed by atoms with Gasteiger partial charge in [0.25, 0.3) is 0 Å². The van der Waals surface area contributed by atoms with Crippen LogP contribution >= 0.6 is 15.9 Å². The lowest BCUT2D eigenvalue weighted by Crippen LogP contribution is -2.19. The number of aryl methyl sites for hydroxylation is 1. The van der Waals surface area contributed by atoms with E-state index in [9.17, 15) is 0 Å². The highest BCUT2D eigenvalue weighted by Crippen LogP contribution is 2.54. The molecule has 3 unspecified atom stereocenters. The first-order chi connectivity index (χ1) is 9.70. The quantitative estimate of drug-likeness (QED) is 0.847. The minimum Gasteiger partial charge on any atom is -0.313 e. The van der Waals surface area contributed by atoms with Crippen LogP contribution < -0.4 is 5.32 Å². The molecule has 2 heteroatoms. The van der Waals surface area contributed by atoms with Gasteiger partial charge in [0, 0.05) is 10.5 Å². The van der Waals surface area contributed by atoms with Gasteiger partial charge in [-0.1, -0.05) is 64.0 Å². The van der Waals surface area contributed by atoms with E-state index in [-0.39, 0.29) is 0 Å². The van der Waals surface area contributed by atoms with Crippen molar-refractivity contribution in [2.45, 2.75) is 25.3 Å². The predicted molar refractivity (Wildman–Crippen MR) is 88.0 cm³/mol. The Kier molecular flexibility index (Phi) is 3.95. The molecule has 0 heterocycles. The van der Waals surface area contributed by atoms with Gasteiger partial charge in [0.15, 0.2) is 0 Å². The third-order valence-electron chi connectivity index (χ3n) is 4.29. The molecular weight excluding hydrogens is 310 g/mol. The molecular formula is C18H20BrN. The fourth-order valence-corrected chi connectivity index (χ4v) is 3.66. The normalized spacial score (nSPS) is 22.6. The minimum absolute atomic E-state index is 0.425. The Bertz CT molecular complexity index is 594. The summed E-state index contributed by atoms with van der Waals surface area (Å²) in [5.41, 5.74) is 4.18. The zero-order chi connectivity index (χ0) is 14.1. The molecule has 1 N–H and O–H groups in total. The van der Waals surface area contributed by atoms with E-state index in [2.05, 4.69) is 83.7 Å². The first-order valence-corrected chi connectivity index (χ1v) is 7.98. The average Bonchev–Trinajstić information content (AvgIpc) is 3.25. The molecule has 0 amide bonds. The molecule has 2 aromatic carbocycles. The van der Waals surface area contributed by atoms with E-state index in [1.807, 2.05) is 0 Å². The minimum atomic E-state index is 0.425.